The molecule has 0 amide bonds. The maximum Gasteiger partial charge on any atom is 0.339 e. The zero-order valence-corrected chi connectivity index (χ0v) is 30.2. The predicted molar refractivity (Wildman–Crippen MR) is 184 cm³/mol. The number of allylic oxidation sites excluding steroid dienone is 4. The molecule has 0 aromatic heterocycles. The summed E-state index contributed by atoms with van der Waals surface area (Å²) >= 11 is 0. The lowest BCUT2D eigenvalue weighted by Crippen LogP contribution is -2.70. The first-order chi connectivity index (χ1) is 25.2. The first-order valence-electron chi connectivity index (χ1n) is 17.6. The van der Waals surface area contributed by atoms with E-state index in [1.807, 2.05) is 0 Å². The fourth-order valence-corrected chi connectivity index (χ4v) is 9.21. The average molecular weight is 759 g/mol. The fraction of sp³-hybridized carbons (Fsp3) is 0.475. The normalized spacial score (nSPS) is 32.2. The van der Waals surface area contributed by atoms with Crippen molar-refractivity contribution in [2.24, 2.45) is 22.7 Å². The summed E-state index contributed by atoms with van der Waals surface area (Å²) in [5.41, 5.74) is -6.82. The molecule has 0 spiro atoms. The van der Waals surface area contributed by atoms with Gasteiger partial charge in [0.05, 0.1) is 6.10 Å². The van der Waals surface area contributed by atoms with E-state index in [-0.39, 0.29) is 54.4 Å². The summed E-state index contributed by atoms with van der Waals surface area (Å²) in [6.07, 6.45) is 0.783. The first kappa shape index (κ1) is 40.3. The van der Waals surface area contributed by atoms with Crippen molar-refractivity contribution in [3.8, 4) is 16.9 Å². The number of hydrogen-bond donors (Lipinski definition) is 3. The fourth-order valence-electron chi connectivity index (χ4n) is 9.21. The Balaban J connectivity index is 0.000000260. The molecule has 3 fully saturated rings. The number of esters is 2. The number of rotatable bonds is 8. The Morgan fingerprint density at radius 1 is 1.04 bits per heavy atom. The molecule has 0 aliphatic heterocycles. The van der Waals surface area contributed by atoms with Crippen LogP contribution >= 0.6 is 0 Å². The SMILES string of the molecule is CCCC(=O)O[C@]1(C(=O)COC(C)=O)CC[C@H]2[C@@H]3C[C@H](F)C4=CC(=O)C=C[C@]4(C)[C@@]3(F)[C@@H](O)C[C@@]21C.O=C(O)c1cc(-c2ccc(F)cc2F)ccc1O. The van der Waals surface area contributed by atoms with Gasteiger partial charge in [0.1, 0.15) is 29.1 Å². The number of hydrogen-bond acceptors (Lipinski definition) is 9. The highest BCUT2D eigenvalue weighted by Crippen LogP contribution is 2.70. The van der Waals surface area contributed by atoms with E-state index in [9.17, 15) is 43.0 Å². The minimum absolute atomic E-state index is 0.0148. The number of aliphatic hydroxyl groups is 1. The number of aromatic carboxylic acids is 1. The maximum atomic E-state index is 17.2. The van der Waals surface area contributed by atoms with Gasteiger partial charge in [0.15, 0.2) is 23.7 Å². The number of benzene rings is 2. The number of alkyl halides is 2. The number of Topliss-reactive ketones (excluding diaryl/α,β-unsaturated/α-hetero) is 1. The highest BCUT2D eigenvalue weighted by atomic mass is 19.2. The third kappa shape index (κ3) is 6.62. The van der Waals surface area contributed by atoms with Crippen LogP contribution in [0.25, 0.3) is 11.1 Å². The molecule has 2 aromatic rings. The van der Waals surface area contributed by atoms with Crippen molar-refractivity contribution in [1.29, 1.82) is 0 Å². The van der Waals surface area contributed by atoms with Crippen LogP contribution in [0.1, 0.15) is 76.6 Å². The molecular formula is C40H42F4O10. The molecule has 0 heterocycles. The van der Waals surface area contributed by atoms with Crippen LogP contribution in [-0.2, 0) is 28.7 Å². The Morgan fingerprint density at radius 2 is 1.74 bits per heavy atom. The lowest BCUT2D eigenvalue weighted by atomic mass is 9.44. The molecule has 10 nitrogen and oxygen atoms in total. The van der Waals surface area contributed by atoms with Crippen molar-refractivity contribution in [2.75, 3.05) is 6.61 Å². The van der Waals surface area contributed by atoms with E-state index in [1.54, 1.807) is 13.8 Å². The first-order valence-corrected chi connectivity index (χ1v) is 17.6. The van der Waals surface area contributed by atoms with Gasteiger partial charge in [-0.25, -0.2) is 22.4 Å². The number of carbonyl (C=O) groups is 5. The van der Waals surface area contributed by atoms with Crippen molar-refractivity contribution in [2.45, 2.75) is 89.8 Å². The lowest BCUT2D eigenvalue weighted by molar-refractivity contribution is -0.229. The Hall–Kier alpha value is -4.85. The molecular weight excluding hydrogens is 716 g/mol. The van der Waals surface area contributed by atoms with Crippen LogP contribution in [0.15, 0.2) is 60.2 Å². The number of carbonyl (C=O) groups excluding carboxylic acids is 4. The van der Waals surface area contributed by atoms with E-state index >= 15 is 8.78 Å². The second-order valence-corrected chi connectivity index (χ2v) is 14.8. The smallest absolute Gasteiger partial charge is 0.339 e. The minimum atomic E-state index is -2.30. The highest BCUT2D eigenvalue weighted by molar-refractivity contribution is 6.01. The van der Waals surface area contributed by atoms with Gasteiger partial charge in [0, 0.05) is 41.7 Å². The van der Waals surface area contributed by atoms with Gasteiger partial charge < -0.3 is 24.8 Å². The molecule has 3 N–H and O–H groups in total. The van der Waals surface area contributed by atoms with Gasteiger partial charge in [-0.15, -0.1) is 0 Å². The van der Waals surface area contributed by atoms with Crippen molar-refractivity contribution < 1.29 is 66.3 Å². The predicted octanol–water partition coefficient (Wildman–Crippen LogP) is 6.56. The van der Waals surface area contributed by atoms with Crippen molar-refractivity contribution in [3.63, 3.8) is 0 Å². The molecule has 4 aliphatic carbocycles. The van der Waals surface area contributed by atoms with Gasteiger partial charge in [-0.2, -0.15) is 0 Å². The monoisotopic (exact) mass is 758 g/mol. The van der Waals surface area contributed by atoms with Gasteiger partial charge in [-0.05, 0) is 92.5 Å². The van der Waals surface area contributed by atoms with Crippen molar-refractivity contribution in [1.82, 2.24) is 0 Å². The molecule has 54 heavy (non-hydrogen) atoms. The summed E-state index contributed by atoms with van der Waals surface area (Å²) in [6, 6.07) is 6.64. The van der Waals surface area contributed by atoms with Gasteiger partial charge >= 0.3 is 17.9 Å². The zero-order chi connectivity index (χ0) is 40.0. The van der Waals surface area contributed by atoms with Crippen molar-refractivity contribution in [3.05, 3.63) is 77.4 Å². The number of halogens is 4. The van der Waals surface area contributed by atoms with Crippen LogP contribution in [0, 0.1) is 34.3 Å². The number of ketones is 2. The van der Waals surface area contributed by atoms with E-state index in [2.05, 4.69) is 0 Å². The molecule has 0 saturated heterocycles. The van der Waals surface area contributed by atoms with Gasteiger partial charge in [0.25, 0.3) is 0 Å². The summed E-state index contributed by atoms with van der Waals surface area (Å²) in [6.45, 7) is 5.50. The van der Waals surface area contributed by atoms with Gasteiger partial charge in [-0.3, -0.25) is 19.2 Å². The number of phenols is 1. The molecule has 290 valence electrons. The van der Waals surface area contributed by atoms with E-state index in [0.717, 1.165) is 31.2 Å². The molecule has 3 saturated carbocycles. The molecule has 0 unspecified atom stereocenters. The average Bonchev–Trinajstić information content (AvgIpc) is 3.38. The minimum Gasteiger partial charge on any atom is -0.507 e. The number of aliphatic hydroxyl groups excluding tert-OH is 1. The number of carboxylic acids is 1. The molecule has 8 atom stereocenters. The molecule has 0 radical (unpaired) electrons. The zero-order valence-electron chi connectivity index (χ0n) is 30.2. The molecule has 14 heteroatoms. The Bertz CT molecular complexity index is 1940. The Morgan fingerprint density at radius 3 is 2.37 bits per heavy atom. The largest absolute Gasteiger partial charge is 0.507 e. The third-order valence-corrected chi connectivity index (χ3v) is 11.8. The second kappa shape index (κ2) is 14.8. The lowest BCUT2D eigenvalue weighted by Gasteiger charge is -2.63. The van der Waals surface area contributed by atoms with Crippen LogP contribution in [-0.4, -0.2) is 74.9 Å². The quantitative estimate of drug-likeness (QED) is 0.199. The van der Waals surface area contributed by atoms with Gasteiger partial charge in [-0.1, -0.05) is 26.0 Å². The van der Waals surface area contributed by atoms with Crippen LogP contribution < -0.4 is 0 Å². The number of fused-ring (bicyclic) bond motifs is 5. The summed E-state index contributed by atoms with van der Waals surface area (Å²) < 4.78 is 69.9. The molecule has 4 aliphatic rings. The summed E-state index contributed by atoms with van der Waals surface area (Å²) in [5, 5.41) is 29.6. The highest BCUT2D eigenvalue weighted by Gasteiger charge is 2.76. The molecule has 2 aromatic carbocycles. The van der Waals surface area contributed by atoms with Crippen LogP contribution in [0.3, 0.4) is 0 Å². The number of carboxylic acid groups (broad SMARTS) is 1. The second-order valence-electron chi connectivity index (χ2n) is 14.8. The standard InChI is InChI=1S/C27H34F2O7.C13H8F2O3/c1-5-6-23(34)36-26(22(33)14-35-15(2)30)10-8-17-18-12-20(28)19-11-16(31)7-9-24(19,3)27(18,29)21(32)13-25(17,26)4;14-8-2-3-9(11(15)6-8)7-1-4-12(16)10(5-7)13(17)18/h7,9,11,17-18,20-21,32H,5-6,8,10,12-14H2,1-4H3;1-6,16H,(H,17,18)/t17-,18-,20-,21-,24-,25-,26-,27-;/m0./s1. The molecule has 6 rings (SSSR count). The van der Waals surface area contributed by atoms with E-state index in [4.69, 9.17) is 14.6 Å². The van der Waals surface area contributed by atoms with Crippen molar-refractivity contribution >= 4 is 29.5 Å². The van der Waals surface area contributed by atoms with E-state index < -0.39 is 99.7 Å². The van der Waals surface area contributed by atoms with Crippen LogP contribution in [0.5, 0.6) is 5.75 Å². The maximum absolute atomic E-state index is 17.2. The van der Waals surface area contributed by atoms with E-state index in [1.165, 1.54) is 31.2 Å². The van der Waals surface area contributed by atoms with Crippen LogP contribution in [0.2, 0.25) is 0 Å². The van der Waals surface area contributed by atoms with Crippen LogP contribution in [0.4, 0.5) is 17.6 Å². The number of ether oxygens (including phenoxy) is 2. The van der Waals surface area contributed by atoms with Gasteiger partial charge in [0.2, 0.25) is 5.78 Å². The van der Waals surface area contributed by atoms with E-state index in [0.29, 0.717) is 12.5 Å². The number of aromatic hydroxyl groups is 1. The molecule has 0 bridgehead atoms. The summed E-state index contributed by atoms with van der Waals surface area (Å²) in [7, 11) is 0. The topological polar surface area (TPSA) is 164 Å². The third-order valence-electron chi connectivity index (χ3n) is 11.8. The summed E-state index contributed by atoms with van der Waals surface area (Å²) in [4.78, 5) is 60.5. The summed E-state index contributed by atoms with van der Waals surface area (Å²) in [5.74, 6) is -7.20. The Labute approximate surface area is 308 Å². The Kier molecular flexibility index (Phi) is 11.0.